The SMILES string of the molecule is CC1(CNS(=O)(=O)C2CCNCC2)CCCO1. The van der Waals surface area contributed by atoms with E-state index >= 15 is 0 Å². The third kappa shape index (κ3) is 3.40. The maximum Gasteiger partial charge on any atom is 0.214 e. The number of piperidine rings is 1. The molecule has 2 N–H and O–H groups in total. The summed E-state index contributed by atoms with van der Waals surface area (Å²) in [5.41, 5.74) is -0.306. The van der Waals surface area contributed by atoms with E-state index in [1.807, 2.05) is 6.92 Å². The fourth-order valence-corrected chi connectivity index (χ4v) is 4.05. The molecule has 2 aliphatic heterocycles. The highest BCUT2D eigenvalue weighted by Gasteiger charge is 2.33. The van der Waals surface area contributed by atoms with E-state index in [2.05, 4.69) is 10.0 Å². The Morgan fingerprint density at radius 2 is 2.12 bits per heavy atom. The van der Waals surface area contributed by atoms with Gasteiger partial charge in [0.05, 0.1) is 10.9 Å². The van der Waals surface area contributed by atoms with Crippen LogP contribution in [0.15, 0.2) is 0 Å². The summed E-state index contributed by atoms with van der Waals surface area (Å²) in [7, 11) is -3.18. The van der Waals surface area contributed by atoms with Crippen LogP contribution in [0.2, 0.25) is 0 Å². The van der Waals surface area contributed by atoms with Gasteiger partial charge in [-0.3, -0.25) is 0 Å². The summed E-state index contributed by atoms with van der Waals surface area (Å²) in [6, 6.07) is 0. The van der Waals surface area contributed by atoms with Gasteiger partial charge in [0.2, 0.25) is 10.0 Å². The van der Waals surface area contributed by atoms with Crippen molar-refractivity contribution in [3.05, 3.63) is 0 Å². The Hall–Kier alpha value is -0.170. The molecule has 17 heavy (non-hydrogen) atoms. The molecule has 2 rings (SSSR count). The van der Waals surface area contributed by atoms with E-state index in [0.717, 1.165) is 32.5 Å². The van der Waals surface area contributed by atoms with E-state index in [-0.39, 0.29) is 10.9 Å². The molecule has 0 saturated carbocycles. The van der Waals surface area contributed by atoms with Crippen molar-refractivity contribution in [2.45, 2.75) is 43.5 Å². The van der Waals surface area contributed by atoms with E-state index in [1.165, 1.54) is 0 Å². The van der Waals surface area contributed by atoms with Crippen molar-refractivity contribution in [1.29, 1.82) is 0 Å². The number of sulfonamides is 1. The lowest BCUT2D eigenvalue weighted by Crippen LogP contribution is -2.46. The Kier molecular flexibility index (Phi) is 4.07. The van der Waals surface area contributed by atoms with Crippen LogP contribution in [0.3, 0.4) is 0 Å². The largest absolute Gasteiger partial charge is 0.374 e. The van der Waals surface area contributed by atoms with Gasteiger partial charge in [0, 0.05) is 13.2 Å². The van der Waals surface area contributed by atoms with Crippen LogP contribution < -0.4 is 10.0 Å². The monoisotopic (exact) mass is 262 g/mol. The third-order valence-corrected chi connectivity index (χ3v) is 5.57. The van der Waals surface area contributed by atoms with Crippen molar-refractivity contribution < 1.29 is 13.2 Å². The van der Waals surface area contributed by atoms with Gasteiger partial charge in [-0.05, 0) is 45.7 Å². The number of hydrogen-bond donors (Lipinski definition) is 2. The highest BCUT2D eigenvalue weighted by Crippen LogP contribution is 2.24. The molecule has 0 bridgehead atoms. The van der Waals surface area contributed by atoms with Gasteiger partial charge in [-0.15, -0.1) is 0 Å². The van der Waals surface area contributed by atoms with Gasteiger partial charge in [-0.25, -0.2) is 13.1 Å². The zero-order valence-electron chi connectivity index (χ0n) is 10.4. The van der Waals surface area contributed by atoms with Crippen LogP contribution in [0.1, 0.15) is 32.6 Å². The zero-order chi connectivity index (χ0) is 12.4. The van der Waals surface area contributed by atoms with Gasteiger partial charge < -0.3 is 10.1 Å². The second-order valence-corrected chi connectivity index (χ2v) is 7.26. The van der Waals surface area contributed by atoms with E-state index < -0.39 is 10.0 Å². The molecule has 2 heterocycles. The minimum Gasteiger partial charge on any atom is -0.374 e. The molecule has 0 radical (unpaired) electrons. The van der Waals surface area contributed by atoms with Crippen LogP contribution in [0.5, 0.6) is 0 Å². The van der Waals surface area contributed by atoms with Crippen LogP contribution in [0.4, 0.5) is 0 Å². The van der Waals surface area contributed by atoms with Crippen LogP contribution in [0.25, 0.3) is 0 Å². The second kappa shape index (κ2) is 5.22. The summed E-state index contributed by atoms with van der Waals surface area (Å²) in [5, 5.41) is 2.93. The van der Waals surface area contributed by atoms with Crippen LogP contribution in [-0.2, 0) is 14.8 Å². The Morgan fingerprint density at radius 1 is 1.41 bits per heavy atom. The fraction of sp³-hybridized carbons (Fsp3) is 1.00. The lowest BCUT2D eigenvalue weighted by atomic mass is 10.0. The summed E-state index contributed by atoms with van der Waals surface area (Å²) in [6.07, 6.45) is 3.35. The molecule has 0 aromatic carbocycles. The molecule has 0 spiro atoms. The highest BCUT2D eigenvalue weighted by molar-refractivity contribution is 7.90. The molecule has 0 aromatic heterocycles. The van der Waals surface area contributed by atoms with Gasteiger partial charge in [0.15, 0.2) is 0 Å². The molecule has 2 saturated heterocycles. The third-order valence-electron chi connectivity index (χ3n) is 3.67. The van der Waals surface area contributed by atoms with Crippen molar-refractivity contribution in [1.82, 2.24) is 10.0 Å². The molecule has 0 aromatic rings. The average molecular weight is 262 g/mol. The van der Waals surface area contributed by atoms with Gasteiger partial charge in [0.25, 0.3) is 0 Å². The van der Waals surface area contributed by atoms with Crippen molar-refractivity contribution in [3.8, 4) is 0 Å². The fourth-order valence-electron chi connectivity index (χ4n) is 2.45. The first kappa shape index (κ1) is 13.3. The van der Waals surface area contributed by atoms with Crippen molar-refractivity contribution in [2.24, 2.45) is 0 Å². The first-order valence-corrected chi connectivity index (χ1v) is 7.90. The standard InChI is InChI=1S/C11H22N2O3S/c1-11(5-2-8-16-11)9-13-17(14,15)10-3-6-12-7-4-10/h10,12-13H,2-9H2,1H3. The van der Waals surface area contributed by atoms with Crippen LogP contribution >= 0.6 is 0 Å². The maximum absolute atomic E-state index is 12.1. The molecular weight excluding hydrogens is 240 g/mol. The predicted octanol–water partition coefficient (Wildman–Crippen LogP) is 0.227. The van der Waals surface area contributed by atoms with Crippen LogP contribution in [-0.4, -0.2) is 45.5 Å². The maximum atomic E-state index is 12.1. The first-order valence-electron chi connectivity index (χ1n) is 6.35. The average Bonchev–Trinajstić information content (AvgIpc) is 2.76. The molecule has 2 fully saturated rings. The molecule has 6 heteroatoms. The summed E-state index contributed by atoms with van der Waals surface area (Å²) in [6.45, 7) is 4.70. The van der Waals surface area contributed by atoms with Gasteiger partial charge in [-0.1, -0.05) is 0 Å². The lowest BCUT2D eigenvalue weighted by molar-refractivity contribution is 0.0250. The lowest BCUT2D eigenvalue weighted by Gasteiger charge is -2.27. The minimum atomic E-state index is -3.18. The summed E-state index contributed by atoms with van der Waals surface area (Å²) >= 11 is 0. The Morgan fingerprint density at radius 3 is 2.71 bits per heavy atom. The molecular formula is C11H22N2O3S. The molecule has 0 aliphatic carbocycles. The van der Waals surface area contributed by atoms with Crippen molar-refractivity contribution in [3.63, 3.8) is 0 Å². The summed E-state index contributed by atoms with van der Waals surface area (Å²) in [5.74, 6) is 0. The minimum absolute atomic E-state index is 0.242. The smallest absolute Gasteiger partial charge is 0.214 e. The topological polar surface area (TPSA) is 67.4 Å². The zero-order valence-corrected chi connectivity index (χ0v) is 11.2. The number of hydrogen-bond acceptors (Lipinski definition) is 4. The van der Waals surface area contributed by atoms with Gasteiger partial charge in [0.1, 0.15) is 0 Å². The molecule has 1 atom stereocenters. The molecule has 100 valence electrons. The van der Waals surface area contributed by atoms with E-state index in [4.69, 9.17) is 4.74 Å². The summed E-state index contributed by atoms with van der Waals surface area (Å²) in [4.78, 5) is 0. The van der Waals surface area contributed by atoms with Crippen molar-refractivity contribution >= 4 is 10.0 Å². The van der Waals surface area contributed by atoms with E-state index in [1.54, 1.807) is 0 Å². The van der Waals surface area contributed by atoms with Gasteiger partial charge >= 0.3 is 0 Å². The van der Waals surface area contributed by atoms with Crippen molar-refractivity contribution in [2.75, 3.05) is 26.2 Å². The first-order chi connectivity index (χ1) is 8.02. The Balaban J connectivity index is 1.88. The summed E-state index contributed by atoms with van der Waals surface area (Å²) < 4.78 is 32.5. The molecule has 1 unspecified atom stereocenters. The normalized spacial score (nSPS) is 31.8. The van der Waals surface area contributed by atoms with E-state index in [9.17, 15) is 8.42 Å². The number of rotatable bonds is 4. The Labute approximate surface area is 103 Å². The second-order valence-electron chi connectivity index (χ2n) is 5.22. The van der Waals surface area contributed by atoms with Crippen LogP contribution in [0, 0.1) is 0 Å². The van der Waals surface area contributed by atoms with Gasteiger partial charge in [-0.2, -0.15) is 0 Å². The predicted molar refractivity (Wildman–Crippen MR) is 66.4 cm³/mol. The highest BCUT2D eigenvalue weighted by atomic mass is 32.2. The molecule has 0 amide bonds. The van der Waals surface area contributed by atoms with E-state index in [0.29, 0.717) is 19.4 Å². The quantitative estimate of drug-likeness (QED) is 0.761. The number of ether oxygens (including phenoxy) is 1. The number of nitrogens with one attached hydrogen (secondary N) is 2. The Bertz CT molecular complexity index is 344. The molecule has 2 aliphatic rings. The molecule has 5 nitrogen and oxygen atoms in total.